The Morgan fingerprint density at radius 3 is 1.80 bits per heavy atom. The van der Waals surface area contributed by atoms with Gasteiger partial charge in [-0.1, -0.05) is 45.9 Å². The Labute approximate surface area is 184 Å². The second kappa shape index (κ2) is 9.27. The average molecular weight is 436 g/mol. The average Bonchev–Trinajstić information content (AvgIpc) is 3.00. The predicted octanol–water partition coefficient (Wildman–Crippen LogP) is 8.38. The summed E-state index contributed by atoms with van der Waals surface area (Å²) in [4.78, 5) is 5.19. The minimum absolute atomic E-state index is 0.295. The van der Waals surface area contributed by atoms with Crippen LogP contribution in [0.1, 0.15) is 111 Å². The van der Waals surface area contributed by atoms with Crippen molar-refractivity contribution < 1.29 is 13.6 Å². The highest BCUT2D eigenvalue weighted by atomic mass is 31.2. The van der Waals surface area contributed by atoms with Crippen LogP contribution < -0.4 is 0 Å². The van der Waals surface area contributed by atoms with Crippen molar-refractivity contribution in [2.24, 2.45) is 4.99 Å². The van der Waals surface area contributed by atoms with E-state index in [-0.39, 0.29) is 5.66 Å². The number of hydrogen-bond acceptors (Lipinski definition) is 4. The van der Waals surface area contributed by atoms with Crippen LogP contribution in [0.4, 0.5) is 5.69 Å². The third-order valence-corrected chi connectivity index (χ3v) is 8.00. The summed E-state index contributed by atoms with van der Waals surface area (Å²) in [6.07, 6.45) is 2.57. The van der Waals surface area contributed by atoms with Crippen LogP contribution in [-0.4, -0.2) is 22.6 Å². The van der Waals surface area contributed by atoms with Gasteiger partial charge in [0.25, 0.3) is 0 Å². The molecule has 30 heavy (non-hydrogen) atoms. The first-order valence-corrected chi connectivity index (χ1v) is 13.0. The number of nitrogens with zero attached hydrogens (tertiary/aromatic N) is 1. The van der Waals surface area contributed by atoms with Crippen LogP contribution in [0.5, 0.6) is 0 Å². The zero-order chi connectivity index (χ0) is 22.9. The topological polar surface area (TPSA) is 47.9 Å². The van der Waals surface area contributed by atoms with E-state index >= 15 is 0 Å². The molecule has 4 nitrogen and oxygen atoms in total. The van der Waals surface area contributed by atoms with E-state index in [0.29, 0.717) is 11.8 Å². The zero-order valence-electron chi connectivity index (χ0n) is 20.7. The standard InChI is InChI=1S/C25H42NO3P/c1-17(2)19-13-11-14-20(18(3)4)23(19)26-21-15-12-16-22(21)30(27,28-24(5,6)7)29-25(8,9)10/h11,13-14,17-18,22H,12,15-16H2,1-10H3. The predicted molar refractivity (Wildman–Crippen MR) is 129 cm³/mol. The Bertz CT molecular complexity index is 766. The molecule has 1 atom stereocenters. The minimum Gasteiger partial charge on any atom is -0.302 e. The molecule has 0 spiro atoms. The molecule has 170 valence electrons. The van der Waals surface area contributed by atoms with Crippen LogP contribution in [0.25, 0.3) is 0 Å². The number of hydrogen-bond donors (Lipinski definition) is 0. The van der Waals surface area contributed by atoms with Crippen molar-refractivity contribution >= 4 is 19.0 Å². The van der Waals surface area contributed by atoms with Gasteiger partial charge in [-0.05, 0) is 83.8 Å². The second-order valence-corrected chi connectivity index (χ2v) is 13.1. The van der Waals surface area contributed by atoms with Crippen LogP contribution in [-0.2, 0) is 13.6 Å². The van der Waals surface area contributed by atoms with Gasteiger partial charge >= 0.3 is 7.60 Å². The molecule has 5 heteroatoms. The van der Waals surface area contributed by atoms with Gasteiger partial charge in [0.1, 0.15) is 0 Å². The van der Waals surface area contributed by atoms with Gasteiger partial charge in [0.05, 0.1) is 22.5 Å². The van der Waals surface area contributed by atoms with Crippen molar-refractivity contribution in [3.05, 3.63) is 29.3 Å². The number of benzene rings is 1. The van der Waals surface area contributed by atoms with Gasteiger partial charge in [-0.2, -0.15) is 0 Å². The van der Waals surface area contributed by atoms with E-state index in [1.54, 1.807) is 0 Å². The van der Waals surface area contributed by atoms with Gasteiger partial charge in [0.2, 0.25) is 0 Å². The third-order valence-electron chi connectivity index (χ3n) is 5.08. The van der Waals surface area contributed by atoms with Crippen molar-refractivity contribution in [3.63, 3.8) is 0 Å². The van der Waals surface area contributed by atoms with Gasteiger partial charge in [0.15, 0.2) is 0 Å². The van der Waals surface area contributed by atoms with Crippen molar-refractivity contribution in [3.8, 4) is 0 Å². The zero-order valence-corrected chi connectivity index (χ0v) is 21.6. The molecule has 1 fully saturated rings. The Hall–Kier alpha value is -0.960. The molecular formula is C25H42NO3P. The lowest BCUT2D eigenvalue weighted by Crippen LogP contribution is -2.30. The van der Waals surface area contributed by atoms with E-state index in [0.717, 1.165) is 30.7 Å². The van der Waals surface area contributed by atoms with Crippen molar-refractivity contribution in [1.82, 2.24) is 0 Å². The molecule has 0 saturated heterocycles. The Morgan fingerprint density at radius 1 is 0.933 bits per heavy atom. The van der Waals surface area contributed by atoms with Crippen LogP contribution in [0, 0.1) is 0 Å². The van der Waals surface area contributed by atoms with E-state index in [9.17, 15) is 4.57 Å². The van der Waals surface area contributed by atoms with Gasteiger partial charge in [-0.25, -0.2) is 0 Å². The van der Waals surface area contributed by atoms with Crippen LogP contribution >= 0.6 is 7.60 Å². The highest BCUT2D eigenvalue weighted by Crippen LogP contribution is 2.62. The molecule has 1 aromatic rings. The summed E-state index contributed by atoms with van der Waals surface area (Å²) in [6.45, 7) is 20.4. The van der Waals surface area contributed by atoms with Crippen LogP contribution in [0.3, 0.4) is 0 Å². The minimum atomic E-state index is -3.41. The summed E-state index contributed by atoms with van der Waals surface area (Å²) < 4.78 is 26.5. The number of rotatable bonds is 6. The molecule has 1 unspecified atom stereocenters. The van der Waals surface area contributed by atoms with Crippen molar-refractivity contribution in [1.29, 1.82) is 0 Å². The fourth-order valence-corrected chi connectivity index (χ4v) is 6.84. The molecule has 1 aliphatic carbocycles. The summed E-state index contributed by atoms with van der Waals surface area (Å²) in [5.74, 6) is 0.734. The summed E-state index contributed by atoms with van der Waals surface area (Å²) in [5.41, 5.74) is 3.06. The lowest BCUT2D eigenvalue weighted by atomic mass is 9.93. The first kappa shape index (κ1) is 25.3. The summed E-state index contributed by atoms with van der Waals surface area (Å²) >= 11 is 0. The summed E-state index contributed by atoms with van der Waals surface area (Å²) in [6, 6.07) is 6.45. The SMILES string of the molecule is CC(C)c1cccc(C(C)C)c1N=C1CCCC1P(=O)(OC(C)(C)C)OC(C)(C)C. The highest BCUT2D eigenvalue weighted by molar-refractivity contribution is 7.56. The monoisotopic (exact) mass is 435 g/mol. The van der Waals surface area contributed by atoms with E-state index < -0.39 is 18.8 Å². The first-order chi connectivity index (χ1) is 13.6. The maximum atomic E-state index is 14.2. The third kappa shape index (κ3) is 6.52. The Kier molecular flexibility index (Phi) is 7.81. The van der Waals surface area contributed by atoms with Gasteiger partial charge in [-0.3, -0.25) is 9.56 Å². The maximum absolute atomic E-state index is 14.2. The fraction of sp³-hybridized carbons (Fsp3) is 0.720. The summed E-state index contributed by atoms with van der Waals surface area (Å²) in [5, 5.41) is 0. The van der Waals surface area contributed by atoms with E-state index in [2.05, 4.69) is 45.9 Å². The van der Waals surface area contributed by atoms with Gasteiger partial charge in [-0.15, -0.1) is 0 Å². The van der Waals surface area contributed by atoms with Gasteiger partial charge < -0.3 is 9.05 Å². The molecule has 0 bridgehead atoms. The summed E-state index contributed by atoms with van der Waals surface area (Å²) in [7, 11) is -3.41. The Balaban J connectivity index is 2.60. The molecule has 2 rings (SSSR count). The van der Waals surface area contributed by atoms with Crippen LogP contribution in [0.2, 0.25) is 0 Å². The first-order valence-electron chi connectivity index (χ1n) is 11.3. The number of para-hydroxylation sites is 1. The molecule has 0 N–H and O–H groups in total. The van der Waals surface area contributed by atoms with Gasteiger partial charge in [0, 0.05) is 5.71 Å². The van der Waals surface area contributed by atoms with E-state index in [1.807, 2.05) is 41.5 Å². The maximum Gasteiger partial charge on any atom is 0.340 e. The molecule has 0 aliphatic heterocycles. The molecule has 1 aromatic carbocycles. The number of aliphatic imine (C=N–C) groups is 1. The van der Waals surface area contributed by atoms with Crippen LogP contribution in [0.15, 0.2) is 23.2 Å². The molecule has 0 heterocycles. The molecule has 1 saturated carbocycles. The highest BCUT2D eigenvalue weighted by Gasteiger charge is 2.46. The molecule has 0 amide bonds. The van der Waals surface area contributed by atoms with Crippen molar-refractivity contribution in [2.45, 2.75) is 117 Å². The van der Waals surface area contributed by atoms with Crippen molar-refractivity contribution in [2.75, 3.05) is 0 Å². The molecular weight excluding hydrogens is 393 g/mol. The second-order valence-electron chi connectivity index (χ2n) is 11.1. The Morgan fingerprint density at radius 2 is 1.40 bits per heavy atom. The largest absolute Gasteiger partial charge is 0.340 e. The quantitative estimate of drug-likeness (QED) is 0.422. The smallest absolute Gasteiger partial charge is 0.302 e. The lowest BCUT2D eigenvalue weighted by Gasteiger charge is -2.35. The lowest BCUT2D eigenvalue weighted by molar-refractivity contribution is 0.0474. The molecule has 0 radical (unpaired) electrons. The molecule has 1 aliphatic rings. The fourth-order valence-electron chi connectivity index (χ4n) is 3.97. The molecule has 0 aromatic heterocycles. The van der Waals surface area contributed by atoms with E-state index in [4.69, 9.17) is 14.0 Å². The van der Waals surface area contributed by atoms with E-state index in [1.165, 1.54) is 11.1 Å². The normalized spacial score (nSPS) is 20.0.